The summed E-state index contributed by atoms with van der Waals surface area (Å²) in [6, 6.07) is 6.43. The molecule has 2 heterocycles. The van der Waals surface area contributed by atoms with Gasteiger partial charge in [-0.2, -0.15) is 0 Å². The number of benzene rings is 1. The van der Waals surface area contributed by atoms with Crippen LogP contribution in [0, 0.1) is 5.82 Å². The van der Waals surface area contributed by atoms with Gasteiger partial charge in [0.05, 0.1) is 6.54 Å². The fourth-order valence-corrected chi connectivity index (χ4v) is 3.87. The van der Waals surface area contributed by atoms with Crippen LogP contribution >= 0.6 is 0 Å². The van der Waals surface area contributed by atoms with Gasteiger partial charge in [0, 0.05) is 45.7 Å². The minimum atomic E-state index is -0.261. The zero-order valence-electron chi connectivity index (χ0n) is 16.0. The van der Waals surface area contributed by atoms with E-state index in [0.29, 0.717) is 32.5 Å². The number of halogens is 1. The van der Waals surface area contributed by atoms with Crippen molar-refractivity contribution in [1.82, 2.24) is 14.7 Å². The number of hydrogen-bond acceptors (Lipinski definition) is 3. The molecule has 5 nitrogen and oxygen atoms in total. The van der Waals surface area contributed by atoms with E-state index >= 15 is 0 Å². The molecule has 2 saturated heterocycles. The van der Waals surface area contributed by atoms with Crippen LogP contribution in [0.1, 0.15) is 37.7 Å². The Kier molecular flexibility index (Phi) is 7.21. The maximum Gasteiger partial charge on any atom is 0.236 e. The summed E-state index contributed by atoms with van der Waals surface area (Å²) in [6.45, 7) is 5.04. The van der Waals surface area contributed by atoms with Gasteiger partial charge in [-0.25, -0.2) is 4.39 Å². The third-order valence-electron chi connectivity index (χ3n) is 5.56. The van der Waals surface area contributed by atoms with Gasteiger partial charge < -0.3 is 9.80 Å². The molecule has 2 fully saturated rings. The molecule has 0 radical (unpaired) electrons. The first-order chi connectivity index (χ1) is 13.1. The Morgan fingerprint density at radius 1 is 0.852 bits per heavy atom. The van der Waals surface area contributed by atoms with Crippen LogP contribution in [0.4, 0.5) is 4.39 Å². The quantitative estimate of drug-likeness (QED) is 0.793. The van der Waals surface area contributed by atoms with Gasteiger partial charge in [-0.05, 0) is 37.0 Å². The van der Waals surface area contributed by atoms with Crippen molar-refractivity contribution in [2.75, 3.05) is 45.8 Å². The number of piperazine rings is 1. The highest BCUT2D eigenvalue weighted by Gasteiger charge is 2.24. The largest absolute Gasteiger partial charge is 0.342 e. The number of carbonyl (C=O) groups excluding carboxylic acids is 2. The van der Waals surface area contributed by atoms with Crippen molar-refractivity contribution in [3.8, 4) is 0 Å². The van der Waals surface area contributed by atoms with Crippen LogP contribution in [0.25, 0.3) is 0 Å². The Balaban J connectivity index is 1.39. The average Bonchev–Trinajstić information content (AvgIpc) is 2.96. The van der Waals surface area contributed by atoms with E-state index < -0.39 is 0 Å². The summed E-state index contributed by atoms with van der Waals surface area (Å²) < 4.78 is 13.2. The minimum absolute atomic E-state index is 0.109. The zero-order chi connectivity index (χ0) is 19.1. The number of likely N-dealkylation sites (tertiary alicyclic amines) is 1. The molecule has 0 bridgehead atoms. The van der Waals surface area contributed by atoms with E-state index in [-0.39, 0.29) is 17.6 Å². The highest BCUT2D eigenvalue weighted by atomic mass is 19.1. The molecule has 2 amide bonds. The molecule has 6 heteroatoms. The van der Waals surface area contributed by atoms with Crippen molar-refractivity contribution >= 4 is 11.8 Å². The number of rotatable bonds is 5. The van der Waals surface area contributed by atoms with Crippen molar-refractivity contribution in [2.24, 2.45) is 0 Å². The van der Waals surface area contributed by atoms with Gasteiger partial charge in [-0.1, -0.05) is 25.0 Å². The predicted octanol–water partition coefficient (Wildman–Crippen LogP) is 2.31. The lowest BCUT2D eigenvalue weighted by Crippen LogP contribution is -2.51. The summed E-state index contributed by atoms with van der Waals surface area (Å²) in [5.74, 6) is 0.0724. The highest BCUT2D eigenvalue weighted by molar-refractivity contribution is 5.78. The summed E-state index contributed by atoms with van der Waals surface area (Å²) >= 11 is 0. The molecule has 0 aliphatic carbocycles. The summed E-state index contributed by atoms with van der Waals surface area (Å²) in [5.41, 5.74) is 0.852. The lowest BCUT2D eigenvalue weighted by atomic mass is 10.1. The molecular weight excluding hydrogens is 345 g/mol. The monoisotopic (exact) mass is 375 g/mol. The average molecular weight is 375 g/mol. The molecule has 0 atom stereocenters. The summed E-state index contributed by atoms with van der Waals surface area (Å²) in [4.78, 5) is 30.9. The van der Waals surface area contributed by atoms with E-state index in [1.54, 1.807) is 6.07 Å². The van der Waals surface area contributed by atoms with Gasteiger partial charge >= 0.3 is 0 Å². The van der Waals surface area contributed by atoms with E-state index in [1.165, 1.54) is 25.0 Å². The molecule has 0 saturated carbocycles. The normalized spacial score (nSPS) is 19.0. The first-order valence-corrected chi connectivity index (χ1v) is 10.1. The van der Waals surface area contributed by atoms with Gasteiger partial charge in [0.1, 0.15) is 5.82 Å². The number of aryl methyl sites for hydroxylation is 1. The standard InChI is InChI=1S/C21H30FN3O2/c22-19-7-5-6-18(16-19)8-9-20(26)25-14-12-23(13-15-25)17-21(27)24-10-3-1-2-4-11-24/h5-7,16H,1-4,8-15,17H2. The van der Waals surface area contributed by atoms with Crippen molar-refractivity contribution in [3.05, 3.63) is 35.6 Å². The van der Waals surface area contributed by atoms with Gasteiger partial charge in [0.2, 0.25) is 11.8 Å². The van der Waals surface area contributed by atoms with Crippen molar-refractivity contribution < 1.29 is 14.0 Å². The van der Waals surface area contributed by atoms with Crippen LogP contribution in [-0.2, 0) is 16.0 Å². The van der Waals surface area contributed by atoms with Crippen LogP contribution in [0.3, 0.4) is 0 Å². The van der Waals surface area contributed by atoms with Crippen molar-refractivity contribution in [3.63, 3.8) is 0 Å². The topological polar surface area (TPSA) is 43.9 Å². The lowest BCUT2D eigenvalue weighted by Gasteiger charge is -2.35. The summed E-state index contributed by atoms with van der Waals surface area (Å²) in [6.07, 6.45) is 5.62. The Labute approximate surface area is 161 Å². The van der Waals surface area contributed by atoms with Gasteiger partial charge in [-0.3, -0.25) is 14.5 Å². The second kappa shape index (κ2) is 9.83. The molecular formula is C21H30FN3O2. The van der Waals surface area contributed by atoms with E-state index in [1.807, 2.05) is 15.9 Å². The highest BCUT2D eigenvalue weighted by Crippen LogP contribution is 2.12. The Bertz CT molecular complexity index is 636. The van der Waals surface area contributed by atoms with Gasteiger partial charge in [0.15, 0.2) is 0 Å². The second-order valence-electron chi connectivity index (χ2n) is 7.58. The first-order valence-electron chi connectivity index (χ1n) is 10.1. The third-order valence-corrected chi connectivity index (χ3v) is 5.56. The van der Waals surface area contributed by atoms with E-state index in [0.717, 1.165) is 44.6 Å². The Morgan fingerprint density at radius 2 is 1.52 bits per heavy atom. The lowest BCUT2D eigenvalue weighted by molar-refractivity contribution is -0.135. The number of amides is 2. The maximum absolute atomic E-state index is 13.2. The van der Waals surface area contributed by atoms with Crippen LogP contribution < -0.4 is 0 Å². The fourth-order valence-electron chi connectivity index (χ4n) is 3.87. The smallest absolute Gasteiger partial charge is 0.236 e. The molecule has 0 N–H and O–H groups in total. The molecule has 0 aromatic heterocycles. The second-order valence-corrected chi connectivity index (χ2v) is 7.58. The van der Waals surface area contributed by atoms with Gasteiger partial charge in [-0.15, -0.1) is 0 Å². The van der Waals surface area contributed by atoms with Crippen molar-refractivity contribution in [2.45, 2.75) is 38.5 Å². The summed E-state index contributed by atoms with van der Waals surface area (Å²) in [5, 5.41) is 0. The molecule has 27 heavy (non-hydrogen) atoms. The first kappa shape index (κ1) is 19.8. The minimum Gasteiger partial charge on any atom is -0.342 e. The molecule has 2 aliphatic rings. The maximum atomic E-state index is 13.2. The Morgan fingerprint density at radius 3 is 2.19 bits per heavy atom. The molecule has 2 aliphatic heterocycles. The zero-order valence-corrected chi connectivity index (χ0v) is 16.0. The van der Waals surface area contributed by atoms with Gasteiger partial charge in [0.25, 0.3) is 0 Å². The molecule has 148 valence electrons. The number of carbonyl (C=O) groups is 2. The molecule has 1 aromatic rings. The third kappa shape index (κ3) is 6.03. The molecule has 0 unspecified atom stereocenters. The summed E-state index contributed by atoms with van der Waals surface area (Å²) in [7, 11) is 0. The predicted molar refractivity (Wildman–Crippen MR) is 103 cm³/mol. The van der Waals surface area contributed by atoms with Crippen LogP contribution in [-0.4, -0.2) is 72.3 Å². The molecule has 1 aromatic carbocycles. The van der Waals surface area contributed by atoms with Crippen LogP contribution in [0.2, 0.25) is 0 Å². The number of hydrogen-bond donors (Lipinski definition) is 0. The van der Waals surface area contributed by atoms with E-state index in [9.17, 15) is 14.0 Å². The number of nitrogens with zero attached hydrogens (tertiary/aromatic N) is 3. The van der Waals surface area contributed by atoms with Crippen molar-refractivity contribution in [1.29, 1.82) is 0 Å². The van der Waals surface area contributed by atoms with E-state index in [2.05, 4.69) is 4.90 Å². The van der Waals surface area contributed by atoms with Crippen LogP contribution in [0.5, 0.6) is 0 Å². The SMILES string of the molecule is O=C(CCc1cccc(F)c1)N1CCN(CC(=O)N2CCCCCC2)CC1. The molecule has 3 rings (SSSR count). The molecule has 0 spiro atoms. The van der Waals surface area contributed by atoms with E-state index in [4.69, 9.17) is 0 Å². The fraction of sp³-hybridized carbons (Fsp3) is 0.619. The van der Waals surface area contributed by atoms with Crippen LogP contribution in [0.15, 0.2) is 24.3 Å². The Hall–Kier alpha value is -1.95.